The summed E-state index contributed by atoms with van der Waals surface area (Å²) in [5.74, 6) is 1.01. The highest BCUT2D eigenvalue weighted by Crippen LogP contribution is 2.46. The smallest absolute Gasteiger partial charge is 0.497 e. The summed E-state index contributed by atoms with van der Waals surface area (Å²) in [7, 11) is 2.93. The van der Waals surface area contributed by atoms with Crippen molar-refractivity contribution in [1.29, 1.82) is 0 Å². The Labute approximate surface area is 191 Å². The highest BCUT2D eigenvalue weighted by atomic mass is 19.4. The minimum absolute atomic E-state index is 0.0237. The number of nitrogens with zero attached hydrogens (tertiary/aromatic N) is 2. The van der Waals surface area contributed by atoms with Crippen LogP contribution in [0.4, 0.5) is 21.8 Å². The number of halogens is 5. The van der Waals surface area contributed by atoms with Crippen molar-refractivity contribution in [3.8, 4) is 22.8 Å². The fourth-order valence-corrected chi connectivity index (χ4v) is 4.50. The Morgan fingerprint density at radius 3 is 1.79 bits per heavy atom. The Hall–Kier alpha value is -3.82. The summed E-state index contributed by atoms with van der Waals surface area (Å²) in [6.07, 6.45) is -2.47. The number of hydrogen-bond acceptors (Lipinski definition) is 2. The van der Waals surface area contributed by atoms with Crippen molar-refractivity contribution in [3.63, 3.8) is 0 Å². The molecule has 1 aromatic heterocycles. The molecule has 5 rings (SSSR count). The van der Waals surface area contributed by atoms with Gasteiger partial charge in [0.1, 0.15) is 17.1 Å². The molecule has 0 unspecified atom stereocenters. The van der Waals surface area contributed by atoms with Gasteiger partial charge in [-0.1, -0.05) is 0 Å². The first-order chi connectivity index (χ1) is 16.2. The second-order valence-corrected chi connectivity index (χ2v) is 7.87. The van der Waals surface area contributed by atoms with Crippen molar-refractivity contribution >= 4 is 18.3 Å². The number of fused-ring (bicyclic) bond motifs is 2. The molecule has 0 spiro atoms. The number of ether oxygens (including phenoxy) is 2. The van der Waals surface area contributed by atoms with Gasteiger partial charge in [0.05, 0.1) is 14.2 Å². The second-order valence-electron chi connectivity index (χ2n) is 7.87. The van der Waals surface area contributed by atoms with Gasteiger partial charge in [-0.2, -0.15) is 13.2 Å². The van der Waals surface area contributed by atoms with Gasteiger partial charge in [0.25, 0.3) is 0 Å². The number of methoxy groups -OCH3 is 2. The fraction of sp³-hybridized carbons (Fsp3) is 0.125. The van der Waals surface area contributed by atoms with Crippen LogP contribution in [0, 0.1) is 0 Å². The van der Waals surface area contributed by atoms with Crippen LogP contribution in [0.5, 0.6) is 11.5 Å². The van der Waals surface area contributed by atoms with E-state index in [1.54, 1.807) is 24.3 Å². The molecule has 3 aromatic rings. The summed E-state index contributed by atoms with van der Waals surface area (Å²) in [5, 5.41) is 0. The summed E-state index contributed by atoms with van der Waals surface area (Å²) in [5.41, 5.74) is -1.62. The average molecular weight is 472 g/mol. The maximum atomic E-state index is 16.2. The van der Waals surface area contributed by atoms with Crippen LogP contribution in [-0.2, 0) is 0 Å². The predicted octanol–water partition coefficient (Wildman–Crippen LogP) is 5.75. The van der Waals surface area contributed by atoms with Crippen molar-refractivity contribution in [3.05, 3.63) is 89.8 Å². The number of aromatic nitrogens is 1. The molecule has 3 heterocycles. The number of allylic oxidation sites excluding steroid dienone is 3. The SMILES string of the molecule is COc1ccc(C2=[N+]3C(=C(C(F)(F)F)c4ccc(-c5ccc(OC)cc5)n4[B-]3(F)F)C=C2)cc1. The third-order valence-corrected chi connectivity index (χ3v) is 6.02. The lowest BCUT2D eigenvalue weighted by Gasteiger charge is -2.34. The lowest BCUT2D eigenvalue weighted by Crippen LogP contribution is -2.52. The van der Waals surface area contributed by atoms with Gasteiger partial charge in [0, 0.05) is 29.1 Å². The molecule has 0 bridgehead atoms. The Bertz CT molecular complexity index is 1370. The number of hydrogen-bond donors (Lipinski definition) is 0. The summed E-state index contributed by atoms with van der Waals surface area (Å²) >= 11 is 0. The summed E-state index contributed by atoms with van der Waals surface area (Å²) in [4.78, 5) is 0. The van der Waals surface area contributed by atoms with E-state index >= 15 is 8.63 Å². The number of alkyl halides is 3. The van der Waals surface area contributed by atoms with Gasteiger partial charge in [-0.15, -0.1) is 0 Å². The van der Waals surface area contributed by atoms with Gasteiger partial charge < -0.3 is 27.1 Å². The molecule has 2 aliphatic heterocycles. The van der Waals surface area contributed by atoms with Crippen LogP contribution in [0.25, 0.3) is 16.8 Å². The molecule has 4 nitrogen and oxygen atoms in total. The molecule has 0 atom stereocenters. The van der Waals surface area contributed by atoms with E-state index in [2.05, 4.69) is 0 Å². The van der Waals surface area contributed by atoms with Gasteiger partial charge in [0.2, 0.25) is 0 Å². The zero-order valence-corrected chi connectivity index (χ0v) is 18.1. The Kier molecular flexibility index (Phi) is 4.93. The Morgan fingerprint density at radius 1 is 0.735 bits per heavy atom. The van der Waals surface area contributed by atoms with Crippen LogP contribution in [-0.4, -0.2) is 42.0 Å². The largest absolute Gasteiger partial charge is 0.737 e. The van der Waals surface area contributed by atoms with E-state index in [1.807, 2.05) is 0 Å². The van der Waals surface area contributed by atoms with Crippen molar-refractivity contribution < 1.29 is 35.8 Å². The third kappa shape index (κ3) is 3.24. The summed E-state index contributed by atoms with van der Waals surface area (Å²) in [6, 6.07) is 14.8. The summed E-state index contributed by atoms with van der Waals surface area (Å²) in [6.45, 7) is -4.67. The predicted molar refractivity (Wildman–Crippen MR) is 119 cm³/mol. The molecule has 174 valence electrons. The molecule has 2 aromatic carbocycles. The molecule has 0 fully saturated rings. The van der Waals surface area contributed by atoms with E-state index in [4.69, 9.17) is 9.47 Å². The van der Waals surface area contributed by atoms with E-state index < -0.39 is 30.1 Å². The maximum Gasteiger partial charge on any atom is 0.737 e. The molecule has 0 saturated heterocycles. The minimum atomic E-state index is -4.85. The fourth-order valence-electron chi connectivity index (χ4n) is 4.50. The van der Waals surface area contributed by atoms with Gasteiger partial charge in [-0.3, -0.25) is 0 Å². The first kappa shape index (κ1) is 22.0. The molecule has 0 saturated carbocycles. The second kappa shape index (κ2) is 7.61. The molecule has 2 aliphatic rings. The van der Waals surface area contributed by atoms with Gasteiger partial charge >= 0.3 is 13.1 Å². The lowest BCUT2D eigenvalue weighted by molar-refractivity contribution is -0.362. The first-order valence-corrected chi connectivity index (χ1v) is 10.4. The molecule has 0 radical (unpaired) electrons. The number of rotatable bonds is 4. The maximum absolute atomic E-state index is 16.2. The molecule has 0 N–H and O–H groups in total. The quantitative estimate of drug-likeness (QED) is 0.357. The molecular formula is C24H18BF5N2O2. The van der Waals surface area contributed by atoms with E-state index in [1.165, 1.54) is 50.6 Å². The molecular weight excluding hydrogens is 454 g/mol. The minimum Gasteiger partial charge on any atom is -0.497 e. The zero-order valence-electron chi connectivity index (χ0n) is 18.1. The molecule has 0 aliphatic carbocycles. The van der Waals surface area contributed by atoms with Crippen molar-refractivity contribution in [2.24, 2.45) is 0 Å². The lowest BCUT2D eigenvalue weighted by atomic mass is 9.86. The molecule has 0 amide bonds. The van der Waals surface area contributed by atoms with E-state index in [-0.39, 0.29) is 11.4 Å². The van der Waals surface area contributed by atoms with Crippen LogP contribution >= 0.6 is 0 Å². The van der Waals surface area contributed by atoms with Crippen molar-refractivity contribution in [2.75, 3.05) is 14.2 Å². The number of benzene rings is 2. The summed E-state index contributed by atoms with van der Waals surface area (Å²) < 4.78 is 86.2. The van der Waals surface area contributed by atoms with E-state index in [0.717, 1.165) is 12.1 Å². The van der Waals surface area contributed by atoms with Crippen LogP contribution in [0.15, 0.2) is 78.5 Å². The van der Waals surface area contributed by atoms with Crippen LogP contribution < -0.4 is 9.47 Å². The van der Waals surface area contributed by atoms with Gasteiger partial charge in [-0.25, -0.2) is 0 Å². The molecule has 34 heavy (non-hydrogen) atoms. The average Bonchev–Trinajstić information content (AvgIpc) is 3.45. The van der Waals surface area contributed by atoms with E-state index in [0.29, 0.717) is 31.6 Å². The van der Waals surface area contributed by atoms with Crippen molar-refractivity contribution in [2.45, 2.75) is 6.18 Å². The topological polar surface area (TPSA) is 26.4 Å². The highest BCUT2D eigenvalue weighted by Gasteiger charge is 2.58. The Morgan fingerprint density at radius 2 is 1.26 bits per heavy atom. The highest BCUT2D eigenvalue weighted by molar-refractivity contribution is 6.59. The van der Waals surface area contributed by atoms with Gasteiger partial charge in [0.15, 0.2) is 11.4 Å². The monoisotopic (exact) mass is 472 g/mol. The van der Waals surface area contributed by atoms with Crippen LogP contribution in [0.1, 0.15) is 11.3 Å². The third-order valence-electron chi connectivity index (χ3n) is 6.02. The van der Waals surface area contributed by atoms with Crippen LogP contribution in [0.2, 0.25) is 0 Å². The normalized spacial score (nSPS) is 16.6. The van der Waals surface area contributed by atoms with Gasteiger partial charge in [-0.05, 0) is 66.2 Å². The standard InChI is InChI=1S/C24H18BF5N2O2/c1-33-17-7-3-15(4-8-17)19-11-13-21-23(24(26,27)28)22-14-12-20(32(22)25(29,30)31(19)21)16-5-9-18(34-2)10-6-16/h3-14H,1-2H3. The Balaban J connectivity index is 1.78. The first-order valence-electron chi connectivity index (χ1n) is 10.4. The van der Waals surface area contributed by atoms with Crippen molar-refractivity contribution in [1.82, 2.24) is 4.48 Å². The zero-order chi connectivity index (χ0) is 24.3. The van der Waals surface area contributed by atoms with E-state index in [9.17, 15) is 13.2 Å². The van der Waals surface area contributed by atoms with Crippen LogP contribution in [0.3, 0.4) is 0 Å². The molecule has 10 heteroatoms.